The number of benzene rings is 1. The maximum Gasteiger partial charge on any atom is 0.408 e. The molecule has 0 bridgehead atoms. The average Bonchev–Trinajstić information content (AvgIpc) is 2.44. The minimum Gasteiger partial charge on any atom is -0.444 e. The summed E-state index contributed by atoms with van der Waals surface area (Å²) in [5.74, 6) is -1.78. The number of alkyl carbamates (subject to hydrolysis) is 1. The summed E-state index contributed by atoms with van der Waals surface area (Å²) in [7, 11) is 0. The molecule has 10 nitrogen and oxygen atoms in total. The molecule has 0 spiro atoms. The first-order chi connectivity index (χ1) is 11.5. The molecule has 0 heterocycles. The lowest BCUT2D eigenvalue weighted by Gasteiger charge is -2.22. The van der Waals surface area contributed by atoms with Gasteiger partial charge in [-0.1, -0.05) is 0 Å². The Balaban J connectivity index is 2.80. The molecule has 1 aromatic carbocycles. The zero-order valence-electron chi connectivity index (χ0n) is 14.0. The van der Waals surface area contributed by atoms with Crippen LogP contribution >= 0.6 is 0 Å². The lowest BCUT2D eigenvalue weighted by atomic mass is 10.2. The van der Waals surface area contributed by atoms with E-state index in [4.69, 9.17) is 15.2 Å². The predicted molar refractivity (Wildman–Crippen MR) is 85.7 cm³/mol. The molecule has 0 saturated heterocycles. The number of primary amides is 1. The van der Waals surface area contributed by atoms with Crippen LogP contribution in [0.4, 0.5) is 10.5 Å². The van der Waals surface area contributed by atoms with Gasteiger partial charge in [-0.15, -0.1) is 0 Å². The number of nitro groups is 1. The number of ether oxygens (including phenoxy) is 2. The summed E-state index contributed by atoms with van der Waals surface area (Å²) in [4.78, 5) is 45.0. The van der Waals surface area contributed by atoms with E-state index in [0.717, 1.165) is 12.1 Å². The van der Waals surface area contributed by atoms with E-state index in [-0.39, 0.29) is 11.4 Å². The van der Waals surface area contributed by atoms with Crippen LogP contribution in [0, 0.1) is 10.1 Å². The van der Waals surface area contributed by atoms with Gasteiger partial charge in [0.05, 0.1) is 11.3 Å². The second-order valence-corrected chi connectivity index (χ2v) is 6.04. The molecule has 10 heteroatoms. The number of nitro benzene ring substituents is 1. The van der Waals surface area contributed by atoms with Crippen LogP contribution in [0.2, 0.25) is 0 Å². The minimum atomic E-state index is -1.36. The number of rotatable bonds is 6. The van der Waals surface area contributed by atoms with E-state index < -0.39 is 41.0 Å². The molecule has 0 radical (unpaired) electrons. The van der Waals surface area contributed by atoms with Gasteiger partial charge in [-0.3, -0.25) is 14.9 Å². The maximum absolute atomic E-state index is 12.1. The summed E-state index contributed by atoms with van der Waals surface area (Å²) in [6.45, 7) is 4.89. The topological polar surface area (TPSA) is 151 Å². The van der Waals surface area contributed by atoms with Crippen molar-refractivity contribution in [2.24, 2.45) is 5.73 Å². The van der Waals surface area contributed by atoms with Crippen LogP contribution in [-0.2, 0) is 14.3 Å². The lowest BCUT2D eigenvalue weighted by molar-refractivity contribution is -0.384. The molecule has 1 aromatic rings. The highest BCUT2D eigenvalue weighted by atomic mass is 16.6. The Bertz CT molecular complexity index is 665. The third-order valence-electron chi connectivity index (χ3n) is 2.65. The van der Waals surface area contributed by atoms with E-state index in [1.54, 1.807) is 20.8 Å². The highest BCUT2D eigenvalue weighted by Gasteiger charge is 2.27. The average molecular weight is 353 g/mol. The van der Waals surface area contributed by atoms with E-state index in [1.165, 1.54) is 12.1 Å². The van der Waals surface area contributed by atoms with Gasteiger partial charge in [0, 0.05) is 12.1 Å². The van der Waals surface area contributed by atoms with E-state index in [9.17, 15) is 24.5 Å². The Kier molecular flexibility index (Phi) is 6.43. The van der Waals surface area contributed by atoms with Crippen LogP contribution < -0.4 is 15.8 Å². The van der Waals surface area contributed by atoms with E-state index in [1.807, 2.05) is 0 Å². The summed E-state index contributed by atoms with van der Waals surface area (Å²) in [5, 5.41) is 12.8. The lowest BCUT2D eigenvalue weighted by Crippen LogP contribution is -2.47. The largest absolute Gasteiger partial charge is 0.444 e. The summed E-state index contributed by atoms with van der Waals surface area (Å²) < 4.78 is 10.0. The standard InChI is InChI=1S/C15H19N3O7/c1-15(2,3)25-14(21)17-11(8-12(16)19)13(20)24-10-6-4-9(5-7-10)18(22)23/h4-7,11H,8H2,1-3H3,(H2,16,19)(H,17,21)/t11-/m1/s1. The highest BCUT2D eigenvalue weighted by Crippen LogP contribution is 2.18. The third kappa shape index (κ3) is 7.29. The Morgan fingerprint density at radius 3 is 2.24 bits per heavy atom. The number of hydrogen-bond donors (Lipinski definition) is 2. The number of hydrogen-bond acceptors (Lipinski definition) is 7. The summed E-state index contributed by atoms with van der Waals surface area (Å²) in [6, 6.07) is 3.36. The molecule has 1 atom stereocenters. The molecule has 0 aliphatic carbocycles. The van der Waals surface area contributed by atoms with E-state index in [0.29, 0.717) is 0 Å². The molecule has 0 aliphatic rings. The van der Waals surface area contributed by atoms with Crippen LogP contribution in [0.1, 0.15) is 27.2 Å². The zero-order chi connectivity index (χ0) is 19.2. The molecular formula is C15H19N3O7. The Morgan fingerprint density at radius 1 is 1.24 bits per heavy atom. The molecule has 25 heavy (non-hydrogen) atoms. The molecule has 2 amide bonds. The summed E-state index contributed by atoms with van der Waals surface area (Å²) in [6.07, 6.45) is -1.41. The highest BCUT2D eigenvalue weighted by molar-refractivity contribution is 5.88. The van der Waals surface area contributed by atoms with Gasteiger partial charge in [0.25, 0.3) is 5.69 Å². The molecule has 3 N–H and O–H groups in total. The second-order valence-electron chi connectivity index (χ2n) is 6.04. The number of esters is 1. The van der Waals surface area contributed by atoms with Gasteiger partial charge in [0.1, 0.15) is 17.4 Å². The van der Waals surface area contributed by atoms with Crippen molar-refractivity contribution in [3.05, 3.63) is 34.4 Å². The Hall–Kier alpha value is -3.17. The first-order valence-corrected chi connectivity index (χ1v) is 7.22. The molecule has 136 valence electrons. The first kappa shape index (κ1) is 19.9. The Morgan fingerprint density at radius 2 is 1.80 bits per heavy atom. The fraction of sp³-hybridized carbons (Fsp3) is 0.400. The molecular weight excluding hydrogens is 334 g/mol. The van der Waals surface area contributed by atoms with Crippen molar-refractivity contribution in [3.8, 4) is 5.75 Å². The number of nitrogens with zero attached hydrogens (tertiary/aromatic N) is 1. The van der Waals surface area contributed by atoms with Crippen molar-refractivity contribution < 1.29 is 28.8 Å². The van der Waals surface area contributed by atoms with Gasteiger partial charge >= 0.3 is 12.1 Å². The number of non-ortho nitro benzene ring substituents is 1. The molecule has 0 unspecified atom stereocenters. The number of amides is 2. The minimum absolute atomic E-state index is 0.0102. The quantitative estimate of drug-likeness (QED) is 0.338. The molecule has 0 fully saturated rings. The van der Waals surface area contributed by atoms with Crippen LogP contribution in [0.15, 0.2) is 24.3 Å². The van der Waals surface area contributed by atoms with Crippen LogP contribution in [-0.4, -0.2) is 34.5 Å². The van der Waals surface area contributed by atoms with Crippen molar-refractivity contribution >= 4 is 23.7 Å². The van der Waals surface area contributed by atoms with Crippen molar-refractivity contribution in [1.82, 2.24) is 5.32 Å². The monoisotopic (exact) mass is 353 g/mol. The molecule has 0 saturated carbocycles. The van der Waals surface area contributed by atoms with Crippen LogP contribution in [0.5, 0.6) is 5.75 Å². The zero-order valence-corrected chi connectivity index (χ0v) is 14.0. The summed E-state index contributed by atoms with van der Waals surface area (Å²) >= 11 is 0. The van der Waals surface area contributed by atoms with Crippen molar-refractivity contribution in [1.29, 1.82) is 0 Å². The van der Waals surface area contributed by atoms with Crippen molar-refractivity contribution in [2.45, 2.75) is 38.8 Å². The van der Waals surface area contributed by atoms with Gasteiger partial charge < -0.3 is 20.5 Å². The maximum atomic E-state index is 12.1. The van der Waals surface area contributed by atoms with Gasteiger partial charge in [0.15, 0.2) is 0 Å². The number of carbonyl (C=O) groups excluding carboxylic acids is 3. The van der Waals surface area contributed by atoms with E-state index >= 15 is 0 Å². The fourth-order valence-corrected chi connectivity index (χ4v) is 1.67. The van der Waals surface area contributed by atoms with Crippen molar-refractivity contribution in [3.63, 3.8) is 0 Å². The molecule has 0 aliphatic heterocycles. The number of nitrogens with two attached hydrogens (primary N) is 1. The van der Waals surface area contributed by atoms with E-state index in [2.05, 4.69) is 5.32 Å². The van der Waals surface area contributed by atoms with Gasteiger partial charge in [0.2, 0.25) is 5.91 Å². The van der Waals surface area contributed by atoms with Gasteiger partial charge in [-0.05, 0) is 32.9 Å². The summed E-state index contributed by atoms with van der Waals surface area (Å²) in [5.41, 5.74) is 4.08. The number of nitrogens with one attached hydrogen (secondary N) is 1. The van der Waals surface area contributed by atoms with Crippen LogP contribution in [0.25, 0.3) is 0 Å². The Labute approximate surface area is 143 Å². The van der Waals surface area contributed by atoms with Crippen LogP contribution in [0.3, 0.4) is 0 Å². The van der Waals surface area contributed by atoms with Gasteiger partial charge in [-0.2, -0.15) is 0 Å². The predicted octanol–water partition coefficient (Wildman–Crippen LogP) is 1.27. The first-order valence-electron chi connectivity index (χ1n) is 7.22. The smallest absolute Gasteiger partial charge is 0.408 e. The molecule has 1 rings (SSSR count). The van der Waals surface area contributed by atoms with Crippen molar-refractivity contribution in [2.75, 3.05) is 0 Å². The van der Waals surface area contributed by atoms with Gasteiger partial charge in [-0.25, -0.2) is 9.59 Å². The second kappa shape index (κ2) is 8.08. The normalized spacial score (nSPS) is 12.0. The fourth-order valence-electron chi connectivity index (χ4n) is 1.67. The SMILES string of the molecule is CC(C)(C)OC(=O)N[C@H](CC(N)=O)C(=O)Oc1ccc([N+](=O)[O-])cc1. The third-order valence-corrected chi connectivity index (χ3v) is 2.65. The molecule has 0 aromatic heterocycles. The number of carbonyl (C=O) groups is 3.